The zero-order chi connectivity index (χ0) is 45.0. The summed E-state index contributed by atoms with van der Waals surface area (Å²) in [6, 6.07) is 0. The summed E-state index contributed by atoms with van der Waals surface area (Å²) >= 11 is 0. The van der Waals surface area contributed by atoms with Gasteiger partial charge in [-0.1, -0.05) is 202 Å². The lowest BCUT2D eigenvalue weighted by molar-refractivity contribution is -0.151. The molecule has 0 aromatic rings. The highest BCUT2D eigenvalue weighted by Gasteiger charge is 2.59. The van der Waals surface area contributed by atoms with Gasteiger partial charge in [0.25, 0.3) is 0 Å². The van der Waals surface area contributed by atoms with Crippen LogP contribution in [0, 0.1) is 46.3 Å². The molecule has 2 heteroatoms. The van der Waals surface area contributed by atoms with Crippen molar-refractivity contribution in [3.05, 3.63) is 96.7 Å². The highest BCUT2D eigenvalue weighted by atomic mass is 16.5. The van der Waals surface area contributed by atoms with Gasteiger partial charge in [-0.05, 0) is 155 Å². The standard InChI is InChI=1S/C61H98O2/c1-7-8-9-10-11-12-13-14-15-16-17-18-19-20-21-22-23-24-25-26-27-28-29-30-31-32-33-34-35-36-37-41-59(62)63-54-46-48-60(5)53(50-54)42-43-55-57-45-44-56(52(4)40-38-39-51(2)3)61(57,6)49-47-58(55)60/h8-9,11-12,14-15,17-18,20-21,23-24,26-27,42,51-52,54-58H,7,10,13,16,19,22,25,28-41,43-50H2,1-6H3/b9-8-,12-11-,15-14-,18-17-,21-20-,24-23-,27-26-. The summed E-state index contributed by atoms with van der Waals surface area (Å²) in [7, 11) is 0. The average Bonchev–Trinajstić information content (AvgIpc) is 3.63. The summed E-state index contributed by atoms with van der Waals surface area (Å²) in [5.41, 5.74) is 2.51. The van der Waals surface area contributed by atoms with Crippen LogP contribution in [0.4, 0.5) is 0 Å². The maximum absolute atomic E-state index is 12.9. The van der Waals surface area contributed by atoms with Crippen molar-refractivity contribution in [3.8, 4) is 0 Å². The molecule has 2 nitrogen and oxygen atoms in total. The zero-order valence-corrected chi connectivity index (χ0v) is 42.0. The number of carbonyl (C=O) groups excluding carboxylic acids is 1. The van der Waals surface area contributed by atoms with E-state index in [9.17, 15) is 4.79 Å². The highest BCUT2D eigenvalue weighted by Crippen LogP contribution is 2.67. The first-order chi connectivity index (χ1) is 30.7. The molecule has 354 valence electrons. The third-order valence-corrected chi connectivity index (χ3v) is 16.3. The van der Waals surface area contributed by atoms with E-state index >= 15 is 0 Å². The van der Waals surface area contributed by atoms with Crippen molar-refractivity contribution in [2.75, 3.05) is 0 Å². The van der Waals surface area contributed by atoms with Gasteiger partial charge < -0.3 is 4.74 Å². The summed E-state index contributed by atoms with van der Waals surface area (Å²) in [5.74, 6) is 5.27. The number of rotatable bonds is 31. The normalized spacial score (nSPS) is 28.1. The van der Waals surface area contributed by atoms with Gasteiger partial charge in [0, 0.05) is 12.8 Å². The Labute approximate surface area is 390 Å². The van der Waals surface area contributed by atoms with E-state index in [0.717, 1.165) is 106 Å². The minimum atomic E-state index is 0.0530. The number of hydrogen-bond donors (Lipinski definition) is 0. The van der Waals surface area contributed by atoms with Gasteiger partial charge in [-0.3, -0.25) is 4.79 Å². The summed E-state index contributed by atoms with van der Waals surface area (Å²) in [4.78, 5) is 12.9. The second-order valence-corrected chi connectivity index (χ2v) is 21.5. The molecule has 0 N–H and O–H groups in total. The summed E-state index contributed by atoms with van der Waals surface area (Å²) < 4.78 is 6.16. The van der Waals surface area contributed by atoms with Crippen molar-refractivity contribution in [1.82, 2.24) is 0 Å². The van der Waals surface area contributed by atoms with Crippen molar-refractivity contribution in [1.29, 1.82) is 0 Å². The quantitative estimate of drug-likeness (QED) is 0.0394. The van der Waals surface area contributed by atoms with Crippen molar-refractivity contribution in [3.63, 3.8) is 0 Å². The van der Waals surface area contributed by atoms with Gasteiger partial charge in [-0.15, -0.1) is 0 Å². The fourth-order valence-electron chi connectivity index (χ4n) is 12.7. The number of ether oxygens (including phenoxy) is 1. The van der Waals surface area contributed by atoms with Crippen molar-refractivity contribution in [2.45, 2.75) is 234 Å². The molecule has 0 aromatic carbocycles. The summed E-state index contributed by atoms with van der Waals surface area (Å²) in [6.07, 6.45) is 69.5. The number of carbonyl (C=O) groups is 1. The Morgan fingerprint density at radius 3 is 1.73 bits per heavy atom. The maximum Gasteiger partial charge on any atom is 0.306 e. The number of hydrogen-bond acceptors (Lipinski definition) is 2. The van der Waals surface area contributed by atoms with Gasteiger partial charge in [-0.2, -0.15) is 0 Å². The van der Waals surface area contributed by atoms with Gasteiger partial charge in [0.05, 0.1) is 0 Å². The minimum Gasteiger partial charge on any atom is -0.462 e. The fourth-order valence-corrected chi connectivity index (χ4v) is 12.7. The molecule has 3 fully saturated rings. The second kappa shape index (κ2) is 30.6. The Morgan fingerprint density at radius 1 is 0.619 bits per heavy atom. The zero-order valence-electron chi connectivity index (χ0n) is 42.0. The molecule has 4 rings (SSSR count). The van der Waals surface area contributed by atoms with E-state index in [4.69, 9.17) is 4.74 Å². The largest absolute Gasteiger partial charge is 0.462 e. The minimum absolute atomic E-state index is 0.0530. The Morgan fingerprint density at radius 2 is 1.16 bits per heavy atom. The fraction of sp³-hybridized carbons (Fsp3) is 0.721. The molecule has 63 heavy (non-hydrogen) atoms. The SMILES string of the molecule is CC/C=C\C/C=C\C/C=C\C/C=C\C/C=C\C/C=C\C/C=C\CCCCCCCCCCCC(=O)OC1CCC2(C)C(=CCC3C2CCC2(C)C(C(C)CCCC(C)C)CCC32)C1. The lowest BCUT2D eigenvalue weighted by Gasteiger charge is -2.58. The first-order valence-corrected chi connectivity index (χ1v) is 27.1. The molecule has 0 radical (unpaired) electrons. The number of unbranched alkanes of at least 4 members (excludes halogenated alkanes) is 9. The van der Waals surface area contributed by atoms with Crippen molar-refractivity contribution >= 4 is 5.97 Å². The van der Waals surface area contributed by atoms with Crippen LogP contribution in [-0.2, 0) is 9.53 Å². The molecular weight excluding hydrogens is 765 g/mol. The topological polar surface area (TPSA) is 26.3 Å². The number of allylic oxidation sites excluding steroid dienone is 15. The lowest BCUT2D eigenvalue weighted by atomic mass is 9.47. The monoisotopic (exact) mass is 863 g/mol. The van der Waals surface area contributed by atoms with Crippen LogP contribution in [0.15, 0.2) is 96.7 Å². The van der Waals surface area contributed by atoms with E-state index in [1.165, 1.54) is 109 Å². The smallest absolute Gasteiger partial charge is 0.306 e. The molecule has 3 saturated carbocycles. The van der Waals surface area contributed by atoms with Crippen LogP contribution in [-0.4, -0.2) is 12.1 Å². The number of esters is 1. The first-order valence-electron chi connectivity index (χ1n) is 27.1. The van der Waals surface area contributed by atoms with Gasteiger partial charge in [0.15, 0.2) is 0 Å². The average molecular weight is 863 g/mol. The number of fused-ring (bicyclic) bond motifs is 5. The maximum atomic E-state index is 12.9. The van der Waals surface area contributed by atoms with Gasteiger partial charge >= 0.3 is 5.97 Å². The Kier molecular flexibility index (Phi) is 25.7. The lowest BCUT2D eigenvalue weighted by Crippen LogP contribution is -2.51. The van der Waals surface area contributed by atoms with E-state index in [1.807, 2.05) is 0 Å². The molecule has 0 saturated heterocycles. The highest BCUT2D eigenvalue weighted by molar-refractivity contribution is 5.69. The molecule has 8 unspecified atom stereocenters. The van der Waals surface area contributed by atoms with Gasteiger partial charge in [-0.25, -0.2) is 0 Å². The molecule has 0 spiro atoms. The Balaban J connectivity index is 0.948. The third-order valence-electron chi connectivity index (χ3n) is 16.3. The van der Waals surface area contributed by atoms with E-state index in [1.54, 1.807) is 5.57 Å². The summed E-state index contributed by atoms with van der Waals surface area (Å²) in [5, 5.41) is 0. The van der Waals surface area contributed by atoms with Crippen LogP contribution in [0.5, 0.6) is 0 Å². The van der Waals surface area contributed by atoms with E-state index in [0.29, 0.717) is 17.3 Å². The van der Waals surface area contributed by atoms with Crippen LogP contribution in [0.2, 0.25) is 0 Å². The van der Waals surface area contributed by atoms with Crippen LogP contribution >= 0.6 is 0 Å². The van der Waals surface area contributed by atoms with Crippen molar-refractivity contribution < 1.29 is 9.53 Å². The third kappa shape index (κ3) is 18.7. The van der Waals surface area contributed by atoms with Gasteiger partial charge in [0.2, 0.25) is 0 Å². The Bertz CT molecular complexity index is 1500. The predicted octanol–water partition coefficient (Wildman–Crippen LogP) is 18.9. The van der Waals surface area contributed by atoms with E-state index in [2.05, 4.69) is 133 Å². The molecule has 0 aliphatic heterocycles. The van der Waals surface area contributed by atoms with Crippen LogP contribution in [0.3, 0.4) is 0 Å². The molecule has 0 aromatic heterocycles. The van der Waals surface area contributed by atoms with Crippen LogP contribution in [0.1, 0.15) is 228 Å². The van der Waals surface area contributed by atoms with Crippen molar-refractivity contribution in [2.24, 2.45) is 46.3 Å². The molecule has 0 amide bonds. The second-order valence-electron chi connectivity index (χ2n) is 21.5. The first kappa shape index (κ1) is 53.0. The molecule has 0 heterocycles. The molecule has 0 bridgehead atoms. The van der Waals surface area contributed by atoms with E-state index < -0.39 is 0 Å². The molecule has 4 aliphatic rings. The van der Waals surface area contributed by atoms with Crippen LogP contribution < -0.4 is 0 Å². The van der Waals surface area contributed by atoms with E-state index in [-0.39, 0.29) is 12.1 Å². The summed E-state index contributed by atoms with van der Waals surface area (Å²) in [6.45, 7) is 14.8. The molecule has 4 aliphatic carbocycles. The molecule has 8 atom stereocenters. The predicted molar refractivity (Wildman–Crippen MR) is 276 cm³/mol. The Hall–Kier alpha value is -2.61. The van der Waals surface area contributed by atoms with Gasteiger partial charge in [0.1, 0.15) is 6.10 Å². The van der Waals surface area contributed by atoms with Crippen LogP contribution in [0.25, 0.3) is 0 Å². The molecular formula is C61H98O2.